The first-order chi connectivity index (χ1) is 10.8. The van der Waals surface area contributed by atoms with Crippen molar-refractivity contribution in [3.05, 3.63) is 64.5 Å². The summed E-state index contributed by atoms with van der Waals surface area (Å²) in [6.07, 6.45) is 0. The van der Waals surface area contributed by atoms with E-state index in [1.54, 1.807) is 0 Å². The van der Waals surface area contributed by atoms with Crippen LogP contribution in [0.25, 0.3) is 22.4 Å². The highest BCUT2D eigenvalue weighted by molar-refractivity contribution is 7.14. The summed E-state index contributed by atoms with van der Waals surface area (Å²) < 4.78 is 5.08. The van der Waals surface area contributed by atoms with Crippen molar-refractivity contribution >= 4 is 33.3 Å². The molecule has 22 heavy (non-hydrogen) atoms. The molecule has 6 heteroatoms. The molecule has 2 aromatic carbocycles. The van der Waals surface area contributed by atoms with Gasteiger partial charge in [-0.1, -0.05) is 24.3 Å². The Kier molecular flexibility index (Phi) is 3.01. The van der Waals surface area contributed by atoms with Crippen LogP contribution in [0.4, 0.5) is 10.8 Å². The largest absolute Gasteiger partial charge is 0.417 e. The number of anilines is 2. The third kappa shape index (κ3) is 2.40. The molecule has 0 unspecified atom stereocenters. The number of H-pyrrole nitrogens is 1. The standard InChI is InChI=1S/C16H11N3O2S/c20-16-19-12-7-6-10(8-14(12)21-16)13-9-22-15(18-13)17-11-4-2-1-3-5-11/h1-9H,(H,17,18)(H,19,20). The van der Waals surface area contributed by atoms with Gasteiger partial charge in [0.1, 0.15) is 0 Å². The predicted octanol–water partition coefficient (Wildman–Crippen LogP) is 3.99. The number of hydrogen-bond donors (Lipinski definition) is 2. The average Bonchev–Trinajstić information content (AvgIpc) is 3.13. The Bertz CT molecular complexity index is 985. The molecule has 0 aliphatic carbocycles. The Morgan fingerprint density at radius 3 is 2.86 bits per heavy atom. The number of hydrogen-bond acceptors (Lipinski definition) is 5. The van der Waals surface area contributed by atoms with Crippen LogP contribution in [0, 0.1) is 0 Å². The fourth-order valence-corrected chi connectivity index (χ4v) is 2.95. The lowest BCUT2D eigenvalue weighted by Crippen LogP contribution is -1.92. The summed E-state index contributed by atoms with van der Waals surface area (Å²) in [5, 5.41) is 6.05. The zero-order chi connectivity index (χ0) is 14.9. The number of aromatic nitrogens is 2. The normalized spacial score (nSPS) is 10.9. The second-order valence-electron chi connectivity index (χ2n) is 4.75. The van der Waals surface area contributed by atoms with Gasteiger partial charge >= 0.3 is 5.76 Å². The van der Waals surface area contributed by atoms with Crippen LogP contribution in [0.3, 0.4) is 0 Å². The van der Waals surface area contributed by atoms with Gasteiger partial charge in [-0.05, 0) is 24.3 Å². The molecule has 0 aliphatic heterocycles. The van der Waals surface area contributed by atoms with Gasteiger partial charge in [0.2, 0.25) is 0 Å². The highest BCUT2D eigenvalue weighted by Crippen LogP contribution is 2.28. The molecule has 0 bridgehead atoms. The zero-order valence-electron chi connectivity index (χ0n) is 11.4. The molecule has 4 rings (SSSR count). The van der Waals surface area contributed by atoms with Gasteiger partial charge in [0.25, 0.3) is 0 Å². The van der Waals surface area contributed by atoms with Gasteiger partial charge in [0, 0.05) is 16.6 Å². The van der Waals surface area contributed by atoms with Crippen molar-refractivity contribution in [2.75, 3.05) is 5.32 Å². The van der Waals surface area contributed by atoms with Crippen LogP contribution in [0.5, 0.6) is 0 Å². The highest BCUT2D eigenvalue weighted by atomic mass is 32.1. The molecule has 0 radical (unpaired) electrons. The summed E-state index contributed by atoms with van der Waals surface area (Å²) in [7, 11) is 0. The first-order valence-electron chi connectivity index (χ1n) is 6.69. The lowest BCUT2D eigenvalue weighted by Gasteiger charge is -2.01. The zero-order valence-corrected chi connectivity index (χ0v) is 12.2. The van der Waals surface area contributed by atoms with E-state index in [0.717, 1.165) is 22.1 Å². The maximum atomic E-state index is 11.2. The SMILES string of the molecule is O=c1[nH]c2ccc(-c3csc(Nc4ccccc4)n3)cc2o1. The number of aromatic amines is 1. The second-order valence-corrected chi connectivity index (χ2v) is 5.61. The first kappa shape index (κ1) is 12.8. The van der Waals surface area contributed by atoms with Crippen molar-refractivity contribution in [2.45, 2.75) is 0 Å². The molecule has 2 heterocycles. The molecule has 0 fully saturated rings. The molecule has 0 spiro atoms. The van der Waals surface area contributed by atoms with E-state index in [2.05, 4.69) is 15.3 Å². The summed E-state index contributed by atoms with van der Waals surface area (Å²) in [5.41, 5.74) is 3.97. The topological polar surface area (TPSA) is 70.9 Å². The molecule has 0 saturated carbocycles. The van der Waals surface area contributed by atoms with Crippen LogP contribution in [-0.2, 0) is 0 Å². The van der Waals surface area contributed by atoms with Gasteiger partial charge < -0.3 is 9.73 Å². The third-order valence-corrected chi connectivity index (χ3v) is 4.00. The Labute approximate surface area is 129 Å². The average molecular weight is 309 g/mol. The lowest BCUT2D eigenvalue weighted by molar-refractivity contribution is 0.555. The molecule has 0 amide bonds. The maximum absolute atomic E-state index is 11.2. The molecule has 4 aromatic rings. The van der Waals surface area contributed by atoms with Gasteiger partial charge in [-0.15, -0.1) is 11.3 Å². The second kappa shape index (κ2) is 5.16. The number of nitrogens with zero attached hydrogens (tertiary/aromatic N) is 1. The Morgan fingerprint density at radius 1 is 1.14 bits per heavy atom. The van der Waals surface area contributed by atoms with Crippen molar-refractivity contribution < 1.29 is 4.42 Å². The van der Waals surface area contributed by atoms with Crippen molar-refractivity contribution in [1.29, 1.82) is 0 Å². The number of para-hydroxylation sites is 1. The van der Waals surface area contributed by atoms with E-state index in [4.69, 9.17) is 4.42 Å². The van der Waals surface area contributed by atoms with E-state index >= 15 is 0 Å². The Morgan fingerprint density at radius 2 is 2.00 bits per heavy atom. The molecule has 0 aliphatic rings. The molecule has 2 aromatic heterocycles. The number of benzene rings is 2. The number of rotatable bonds is 3. The first-order valence-corrected chi connectivity index (χ1v) is 7.57. The van der Waals surface area contributed by atoms with Gasteiger partial charge in [-0.2, -0.15) is 0 Å². The van der Waals surface area contributed by atoms with Gasteiger partial charge in [-0.25, -0.2) is 9.78 Å². The summed E-state index contributed by atoms with van der Waals surface area (Å²) in [6.45, 7) is 0. The summed E-state index contributed by atoms with van der Waals surface area (Å²) in [6, 6.07) is 15.4. The third-order valence-electron chi connectivity index (χ3n) is 3.25. The van der Waals surface area contributed by atoms with Gasteiger partial charge in [0.05, 0.1) is 11.2 Å². The van der Waals surface area contributed by atoms with Crippen LogP contribution in [0.2, 0.25) is 0 Å². The van der Waals surface area contributed by atoms with E-state index in [1.807, 2.05) is 53.9 Å². The Hall–Kier alpha value is -2.86. The molecular weight excluding hydrogens is 298 g/mol. The minimum Gasteiger partial charge on any atom is -0.408 e. The quantitative estimate of drug-likeness (QED) is 0.600. The van der Waals surface area contributed by atoms with E-state index in [-0.39, 0.29) is 0 Å². The van der Waals surface area contributed by atoms with E-state index in [0.29, 0.717) is 11.1 Å². The maximum Gasteiger partial charge on any atom is 0.417 e. The predicted molar refractivity (Wildman–Crippen MR) is 87.7 cm³/mol. The molecule has 5 nitrogen and oxygen atoms in total. The fraction of sp³-hybridized carbons (Fsp3) is 0. The van der Waals surface area contributed by atoms with Gasteiger partial charge in [-0.3, -0.25) is 4.98 Å². The van der Waals surface area contributed by atoms with Crippen molar-refractivity contribution in [3.63, 3.8) is 0 Å². The van der Waals surface area contributed by atoms with Crippen molar-refractivity contribution in [1.82, 2.24) is 9.97 Å². The number of thiazole rings is 1. The number of fused-ring (bicyclic) bond motifs is 1. The summed E-state index contributed by atoms with van der Waals surface area (Å²) in [5.74, 6) is -0.447. The van der Waals surface area contributed by atoms with Crippen LogP contribution < -0.4 is 11.1 Å². The number of nitrogens with one attached hydrogen (secondary N) is 2. The molecular formula is C16H11N3O2S. The van der Waals surface area contributed by atoms with Crippen LogP contribution in [0.1, 0.15) is 0 Å². The van der Waals surface area contributed by atoms with Crippen LogP contribution >= 0.6 is 11.3 Å². The summed E-state index contributed by atoms with van der Waals surface area (Å²) in [4.78, 5) is 18.4. The highest BCUT2D eigenvalue weighted by Gasteiger charge is 2.08. The van der Waals surface area contributed by atoms with Crippen LogP contribution in [0.15, 0.2) is 63.1 Å². The van der Waals surface area contributed by atoms with E-state index in [9.17, 15) is 4.79 Å². The van der Waals surface area contributed by atoms with Crippen molar-refractivity contribution in [3.8, 4) is 11.3 Å². The molecule has 2 N–H and O–H groups in total. The minimum absolute atomic E-state index is 0.447. The smallest absolute Gasteiger partial charge is 0.408 e. The number of oxazole rings is 1. The molecule has 0 saturated heterocycles. The molecule has 0 atom stereocenters. The monoisotopic (exact) mass is 309 g/mol. The summed E-state index contributed by atoms with van der Waals surface area (Å²) >= 11 is 1.53. The van der Waals surface area contributed by atoms with Gasteiger partial charge in [0.15, 0.2) is 10.7 Å². The van der Waals surface area contributed by atoms with Crippen LogP contribution in [-0.4, -0.2) is 9.97 Å². The molecule has 108 valence electrons. The van der Waals surface area contributed by atoms with E-state index in [1.165, 1.54) is 11.3 Å². The Balaban J connectivity index is 1.66. The lowest BCUT2D eigenvalue weighted by atomic mass is 10.1. The minimum atomic E-state index is -0.447. The van der Waals surface area contributed by atoms with E-state index < -0.39 is 5.76 Å². The fourth-order valence-electron chi connectivity index (χ4n) is 2.21. The van der Waals surface area contributed by atoms with Crippen molar-refractivity contribution in [2.24, 2.45) is 0 Å².